The van der Waals surface area contributed by atoms with Crippen LogP contribution in [-0.4, -0.2) is 55.8 Å². The summed E-state index contributed by atoms with van der Waals surface area (Å²) < 4.78 is 0. The molecule has 3 heterocycles. The minimum Gasteiger partial charge on any atom is -0.483 e. The first-order valence-electron chi connectivity index (χ1n) is 10.1. The van der Waals surface area contributed by atoms with Crippen molar-refractivity contribution in [1.29, 1.82) is 0 Å². The van der Waals surface area contributed by atoms with Crippen LogP contribution >= 0.6 is 0 Å². The SMILES string of the molecule is O=CO.c1ncc(CN2CCCC(Cc3ccc(NC4CCCC4)nn3)C2)[nH]1. The Bertz CT molecular complexity index is 685. The third-order valence-electron chi connectivity index (χ3n) is 5.48. The van der Waals surface area contributed by atoms with E-state index in [1.54, 1.807) is 6.33 Å². The number of rotatable bonds is 6. The fourth-order valence-electron chi connectivity index (χ4n) is 4.19. The zero-order valence-corrected chi connectivity index (χ0v) is 16.3. The van der Waals surface area contributed by atoms with Crippen molar-refractivity contribution in [3.05, 3.63) is 36.0 Å². The Labute approximate surface area is 165 Å². The van der Waals surface area contributed by atoms with E-state index in [0.29, 0.717) is 12.0 Å². The maximum atomic E-state index is 8.36. The van der Waals surface area contributed by atoms with Crippen LogP contribution < -0.4 is 5.32 Å². The highest BCUT2D eigenvalue weighted by atomic mass is 16.3. The van der Waals surface area contributed by atoms with E-state index in [4.69, 9.17) is 9.90 Å². The number of likely N-dealkylation sites (tertiary alicyclic amines) is 1. The second-order valence-electron chi connectivity index (χ2n) is 7.67. The molecule has 1 saturated carbocycles. The molecule has 0 radical (unpaired) electrons. The topological polar surface area (TPSA) is 107 Å². The highest BCUT2D eigenvalue weighted by molar-refractivity contribution is 5.34. The minimum atomic E-state index is -0.250. The van der Waals surface area contributed by atoms with Gasteiger partial charge in [-0.3, -0.25) is 9.69 Å². The van der Waals surface area contributed by atoms with Crippen molar-refractivity contribution in [1.82, 2.24) is 25.1 Å². The van der Waals surface area contributed by atoms with E-state index in [1.165, 1.54) is 50.8 Å². The number of piperidine rings is 1. The molecule has 1 atom stereocenters. The lowest BCUT2D eigenvalue weighted by molar-refractivity contribution is -0.122. The fourth-order valence-corrected chi connectivity index (χ4v) is 4.19. The van der Waals surface area contributed by atoms with Gasteiger partial charge < -0.3 is 15.4 Å². The highest BCUT2D eigenvalue weighted by Gasteiger charge is 2.21. The maximum Gasteiger partial charge on any atom is 0.290 e. The van der Waals surface area contributed by atoms with Crippen molar-refractivity contribution in [3.63, 3.8) is 0 Å². The van der Waals surface area contributed by atoms with Gasteiger partial charge in [0.25, 0.3) is 6.47 Å². The molecule has 0 aromatic carbocycles. The van der Waals surface area contributed by atoms with Crippen LogP contribution in [0, 0.1) is 5.92 Å². The maximum absolute atomic E-state index is 8.36. The predicted octanol–water partition coefficient (Wildman–Crippen LogP) is 2.71. The molecule has 28 heavy (non-hydrogen) atoms. The average Bonchev–Trinajstić information content (AvgIpc) is 3.39. The monoisotopic (exact) mass is 386 g/mol. The van der Waals surface area contributed by atoms with Gasteiger partial charge in [0, 0.05) is 31.0 Å². The van der Waals surface area contributed by atoms with Gasteiger partial charge in [0.15, 0.2) is 0 Å². The molecule has 1 aliphatic heterocycles. The Morgan fingerprint density at radius 2 is 2.04 bits per heavy atom. The molecule has 2 aromatic rings. The van der Waals surface area contributed by atoms with Crippen molar-refractivity contribution in [3.8, 4) is 0 Å². The molecule has 2 fully saturated rings. The number of hydrogen-bond acceptors (Lipinski definition) is 6. The normalized spacial score (nSPS) is 20.4. The number of aromatic nitrogens is 4. The molecule has 1 saturated heterocycles. The smallest absolute Gasteiger partial charge is 0.290 e. The lowest BCUT2D eigenvalue weighted by Crippen LogP contribution is -2.36. The second kappa shape index (κ2) is 10.8. The van der Waals surface area contributed by atoms with Gasteiger partial charge in [0.05, 0.1) is 12.0 Å². The van der Waals surface area contributed by atoms with Crippen molar-refractivity contribution in [2.75, 3.05) is 18.4 Å². The van der Waals surface area contributed by atoms with E-state index in [9.17, 15) is 0 Å². The molecule has 8 heteroatoms. The molecule has 0 amide bonds. The number of imidazole rings is 1. The third-order valence-corrected chi connectivity index (χ3v) is 5.48. The summed E-state index contributed by atoms with van der Waals surface area (Å²) in [7, 11) is 0. The number of carboxylic acid groups (broad SMARTS) is 1. The number of anilines is 1. The van der Waals surface area contributed by atoms with Crippen molar-refractivity contribution < 1.29 is 9.90 Å². The standard InChI is InChI=1S/C19H28N6.CH2O2/c1-2-6-16(5-1)22-19-8-7-17(23-24-19)10-15-4-3-9-25(12-15)13-18-11-20-14-21-18;2-1-3/h7-8,11,14-16H,1-6,9-10,12-13H2,(H,20,21)(H,22,24);1H,(H,2,3). The zero-order chi connectivity index (χ0) is 19.6. The molecule has 0 spiro atoms. The number of aromatic amines is 1. The number of nitrogens with one attached hydrogen (secondary N) is 2. The highest BCUT2D eigenvalue weighted by Crippen LogP contribution is 2.23. The molecule has 2 aromatic heterocycles. The van der Waals surface area contributed by atoms with Crippen LogP contribution in [-0.2, 0) is 17.8 Å². The Kier molecular flexibility index (Phi) is 7.78. The molecule has 152 valence electrons. The molecule has 3 N–H and O–H groups in total. The van der Waals surface area contributed by atoms with E-state index in [1.807, 2.05) is 6.20 Å². The van der Waals surface area contributed by atoms with Crippen LogP contribution in [0.25, 0.3) is 0 Å². The quantitative estimate of drug-likeness (QED) is 0.655. The van der Waals surface area contributed by atoms with Gasteiger partial charge in [-0.1, -0.05) is 12.8 Å². The molecular formula is C20H30N6O2. The number of H-pyrrole nitrogens is 1. The van der Waals surface area contributed by atoms with Gasteiger partial charge in [-0.2, -0.15) is 5.10 Å². The van der Waals surface area contributed by atoms with E-state index in [0.717, 1.165) is 31.0 Å². The first-order chi connectivity index (χ1) is 13.8. The molecule has 2 aliphatic rings. The summed E-state index contributed by atoms with van der Waals surface area (Å²) in [6, 6.07) is 4.85. The molecule has 4 rings (SSSR count). The van der Waals surface area contributed by atoms with Crippen molar-refractivity contribution >= 4 is 12.3 Å². The summed E-state index contributed by atoms with van der Waals surface area (Å²) in [6.07, 6.45) is 12.4. The van der Waals surface area contributed by atoms with E-state index in [-0.39, 0.29) is 6.47 Å². The Morgan fingerprint density at radius 3 is 2.71 bits per heavy atom. The Hall–Kier alpha value is -2.48. The summed E-state index contributed by atoms with van der Waals surface area (Å²) in [4.78, 5) is 18.2. The lowest BCUT2D eigenvalue weighted by atomic mass is 9.93. The van der Waals surface area contributed by atoms with Gasteiger partial charge >= 0.3 is 0 Å². The van der Waals surface area contributed by atoms with Gasteiger partial charge in [-0.15, -0.1) is 5.10 Å². The fraction of sp³-hybridized carbons (Fsp3) is 0.600. The van der Waals surface area contributed by atoms with Crippen LogP contribution in [0.2, 0.25) is 0 Å². The van der Waals surface area contributed by atoms with Gasteiger partial charge in [-0.05, 0) is 56.7 Å². The van der Waals surface area contributed by atoms with Crippen LogP contribution in [0.1, 0.15) is 49.9 Å². The third kappa shape index (κ3) is 6.30. The molecule has 1 aliphatic carbocycles. The number of nitrogens with zero attached hydrogens (tertiary/aromatic N) is 4. The molecule has 1 unspecified atom stereocenters. The summed E-state index contributed by atoms with van der Waals surface area (Å²) >= 11 is 0. The number of carbonyl (C=O) groups is 1. The molecule has 8 nitrogen and oxygen atoms in total. The van der Waals surface area contributed by atoms with Crippen molar-refractivity contribution in [2.45, 2.75) is 57.5 Å². The van der Waals surface area contributed by atoms with E-state index < -0.39 is 0 Å². The van der Waals surface area contributed by atoms with Gasteiger partial charge in [-0.25, -0.2) is 4.98 Å². The molecule has 0 bridgehead atoms. The molecular weight excluding hydrogens is 356 g/mol. The first-order valence-corrected chi connectivity index (χ1v) is 10.1. The number of hydrogen-bond donors (Lipinski definition) is 3. The summed E-state index contributed by atoms with van der Waals surface area (Å²) in [5.41, 5.74) is 2.31. The largest absolute Gasteiger partial charge is 0.483 e. The zero-order valence-electron chi connectivity index (χ0n) is 16.3. The van der Waals surface area contributed by atoms with Gasteiger partial charge in [0.1, 0.15) is 5.82 Å². The van der Waals surface area contributed by atoms with Crippen LogP contribution in [0.5, 0.6) is 0 Å². The van der Waals surface area contributed by atoms with E-state index >= 15 is 0 Å². The van der Waals surface area contributed by atoms with Crippen LogP contribution in [0.4, 0.5) is 5.82 Å². The van der Waals surface area contributed by atoms with Gasteiger partial charge in [0.2, 0.25) is 0 Å². The average molecular weight is 387 g/mol. The van der Waals surface area contributed by atoms with Crippen LogP contribution in [0.15, 0.2) is 24.7 Å². The summed E-state index contributed by atoms with van der Waals surface area (Å²) in [6.45, 7) is 3.01. The minimum absolute atomic E-state index is 0.250. The summed E-state index contributed by atoms with van der Waals surface area (Å²) in [5.74, 6) is 1.60. The first kappa shape index (κ1) is 20.3. The second-order valence-corrected chi connectivity index (χ2v) is 7.67. The Morgan fingerprint density at radius 1 is 1.21 bits per heavy atom. The van der Waals surface area contributed by atoms with Crippen molar-refractivity contribution in [2.24, 2.45) is 5.92 Å². The lowest BCUT2D eigenvalue weighted by Gasteiger charge is -2.32. The van der Waals surface area contributed by atoms with Crippen LogP contribution in [0.3, 0.4) is 0 Å². The predicted molar refractivity (Wildman–Crippen MR) is 107 cm³/mol. The summed E-state index contributed by atoms with van der Waals surface area (Å²) in [5, 5.41) is 19.3. The Balaban J connectivity index is 0.000000706. The van der Waals surface area contributed by atoms with E-state index in [2.05, 4.69) is 42.5 Å².